The van der Waals surface area contributed by atoms with Gasteiger partial charge in [-0.25, -0.2) is 4.79 Å². The summed E-state index contributed by atoms with van der Waals surface area (Å²) >= 11 is 0. The number of carbonyl (C=O) groups is 1. The molecule has 1 fully saturated rings. The summed E-state index contributed by atoms with van der Waals surface area (Å²) in [4.78, 5) is 18.7. The Balaban J connectivity index is 1.18. The zero-order valence-electron chi connectivity index (χ0n) is 36.1. The minimum absolute atomic E-state index is 0.191. The Morgan fingerprint density at radius 2 is 0.451 bits per heavy atom. The monoisotopic (exact) mass is 869 g/mol. The Morgan fingerprint density at radius 1 is 0.268 bits per heavy atom. The summed E-state index contributed by atoms with van der Waals surface area (Å²) < 4.78 is 8.03. The van der Waals surface area contributed by atoms with Gasteiger partial charge in [-0.2, -0.15) is 0 Å². The second-order valence-corrected chi connectivity index (χ2v) is 25.7. The average Bonchev–Trinajstić information content (AvgIpc) is 4.37. The molecule has 4 aliphatic carbocycles. The number of ether oxygens (including phenoxy) is 1. The van der Waals surface area contributed by atoms with Crippen molar-refractivity contribution >= 4 is 303 Å². The molecule has 0 radical (unpaired) electrons. The number of aryl methyl sites for hydroxylation is 1. The van der Waals surface area contributed by atoms with E-state index < -0.39 is 11.1 Å². The number of hydrogen-bond donors (Lipinski definition) is 0. The second kappa shape index (κ2) is 5.82. The molecule has 0 N–H and O–H groups in total. The minimum Gasteiger partial charge on any atom is -0.429 e. The Morgan fingerprint density at radius 3 is 0.662 bits per heavy atom. The number of nitrogens with zero attached hydrogens (tertiary/aromatic N) is 1. The summed E-state index contributed by atoms with van der Waals surface area (Å²) in [6.07, 6.45) is -0.191. The predicted octanol–water partition coefficient (Wildman–Crippen LogP) is 18.2. The lowest BCUT2D eigenvalue weighted by Crippen LogP contribution is -2.56. The van der Waals surface area contributed by atoms with E-state index in [9.17, 15) is 0 Å². The zero-order valence-corrected chi connectivity index (χ0v) is 36.1. The molecule has 2 spiro atoms. The van der Waals surface area contributed by atoms with Gasteiger partial charge in [0, 0.05) is 27.9 Å². The highest BCUT2D eigenvalue weighted by Gasteiger charge is 2.79. The van der Waals surface area contributed by atoms with E-state index in [2.05, 4.69) is 36.1 Å². The van der Waals surface area contributed by atoms with Crippen LogP contribution >= 0.6 is 0 Å². The van der Waals surface area contributed by atoms with Gasteiger partial charge in [-0.1, -0.05) is 17.7 Å². The maximum absolute atomic E-state index is 16.4. The van der Waals surface area contributed by atoms with Crippen molar-refractivity contribution in [2.75, 3.05) is 4.90 Å². The van der Waals surface area contributed by atoms with Gasteiger partial charge >= 0.3 is 6.09 Å². The molecular weight excluding hydrogens is 863 g/mol. The van der Waals surface area contributed by atoms with Crippen molar-refractivity contribution in [1.29, 1.82) is 0 Å². The molecule has 0 aromatic heterocycles. The number of carbonyl (C=O) groups excluding carboxylic acids is 1. The highest BCUT2D eigenvalue weighted by molar-refractivity contribution is 6.82. The Labute approximate surface area is 385 Å². The van der Waals surface area contributed by atoms with Crippen LogP contribution in [0.25, 0.3) is 291 Å². The molecule has 3 heteroatoms. The standard InChI is InChI=1S/C68H7NO2/c1-6-2-4-7(5-3-6)69-66(70)71-68-64-58-52-42-30-22-14-10-8-9-12-16(14)24(30)34-28-20(12)21-13(9)17-15-11(8)19-18(10)26-32(22)40-46-36(26)37-27(19)33-23(15)31-25(17)35-29(21)39-38(28)50(44(34)52)60(64)61-51(39)45(35)53-43(31)49-41(33)47(37)55-54(46)62(56(58)48(40)42)67(68,69)63(55)57(49)59(53)65(61)68/h2-5H,1H3. The summed E-state index contributed by atoms with van der Waals surface area (Å²) in [5.41, 5.74) is 5.61. The first kappa shape index (κ1) is 26.1. The van der Waals surface area contributed by atoms with E-state index in [4.69, 9.17) is 4.74 Å². The summed E-state index contributed by atoms with van der Waals surface area (Å²) in [5, 5.41) is 83.3. The van der Waals surface area contributed by atoms with Crippen LogP contribution in [0.3, 0.4) is 0 Å². The molecular formula is C68H7NO2. The van der Waals surface area contributed by atoms with E-state index in [0.29, 0.717) is 0 Å². The van der Waals surface area contributed by atoms with Crippen molar-refractivity contribution in [3.63, 3.8) is 0 Å². The van der Waals surface area contributed by atoms with E-state index in [1.165, 1.54) is 146 Å². The third-order valence-electron chi connectivity index (χ3n) is 25.2. The van der Waals surface area contributed by atoms with Gasteiger partial charge in [0.2, 0.25) is 0 Å². The van der Waals surface area contributed by atoms with Gasteiger partial charge in [0.15, 0.2) is 11.1 Å². The Hall–Kier alpha value is -9.05. The van der Waals surface area contributed by atoms with E-state index in [-0.39, 0.29) is 6.09 Å². The summed E-state index contributed by atoms with van der Waals surface area (Å²) in [5.74, 6) is 0. The van der Waals surface area contributed by atoms with Gasteiger partial charge in [-0.15, -0.1) is 0 Å². The second-order valence-electron chi connectivity index (χ2n) is 25.7. The van der Waals surface area contributed by atoms with E-state index >= 15 is 4.79 Å². The molecule has 29 aromatic rings. The normalized spacial score (nSPS) is 22.4. The van der Waals surface area contributed by atoms with Crippen LogP contribution in [0.15, 0.2) is 24.3 Å². The lowest BCUT2D eigenvalue weighted by molar-refractivity contribution is 0.0526. The van der Waals surface area contributed by atoms with Gasteiger partial charge in [0.25, 0.3) is 0 Å². The molecule has 3 nitrogen and oxygen atoms in total. The third-order valence-corrected chi connectivity index (χ3v) is 25.2. The average molecular weight is 870 g/mol. The maximum Gasteiger partial charge on any atom is 0.416 e. The maximum atomic E-state index is 16.4. The molecule has 1 amide bonds. The molecule has 1 aliphatic heterocycles. The van der Waals surface area contributed by atoms with Gasteiger partial charge in [-0.3, -0.25) is 4.90 Å². The molecule has 34 rings (SSSR count). The van der Waals surface area contributed by atoms with Crippen LogP contribution in [-0.2, 0) is 15.9 Å². The molecule has 296 valence electrons. The molecule has 0 unspecified atom stereocenters. The number of amides is 1. The van der Waals surface area contributed by atoms with Gasteiger partial charge < -0.3 is 4.74 Å². The van der Waals surface area contributed by atoms with Gasteiger partial charge in [0.05, 0.1) is 0 Å². The molecule has 5 aliphatic rings. The fraction of sp³-hybridized carbons (Fsp3) is 0.0441. The number of rotatable bonds is 1. The van der Waals surface area contributed by atoms with Crippen molar-refractivity contribution < 1.29 is 9.53 Å². The van der Waals surface area contributed by atoms with Crippen LogP contribution in [0.2, 0.25) is 0 Å². The SMILES string of the molecule is Cc1ccc(N2C(=O)OC34c5c6c7c8c9c%10c(c%11c%12c3c3c5c5c%13c6c6c7c7c9c9c%14c%10c%10c%11c%11c%12c%12c3c3c5c5c%13c%13c6c6c7c9c7c9c%14c%10c%10c%11c%11c%12c3c3c5c5c%13c6c7c6c9c%10c%11c3c56)C824)cc1. The van der Waals surface area contributed by atoms with Crippen LogP contribution in [0.4, 0.5) is 10.5 Å². The van der Waals surface area contributed by atoms with E-state index in [1.807, 2.05) is 0 Å². The first-order valence-corrected chi connectivity index (χ1v) is 26.1. The van der Waals surface area contributed by atoms with Crippen LogP contribution in [0.5, 0.6) is 0 Å². The van der Waals surface area contributed by atoms with Crippen molar-refractivity contribution in [2.45, 2.75) is 18.1 Å². The largest absolute Gasteiger partial charge is 0.429 e. The van der Waals surface area contributed by atoms with Crippen LogP contribution in [-0.4, -0.2) is 6.09 Å². The highest BCUT2D eigenvalue weighted by Crippen LogP contribution is 2.86. The van der Waals surface area contributed by atoms with Gasteiger partial charge in [0.1, 0.15) is 0 Å². The highest BCUT2D eigenvalue weighted by atomic mass is 16.6. The van der Waals surface area contributed by atoms with Gasteiger partial charge in [-0.05, 0) is 310 Å². The number of hydrogen-bond acceptors (Lipinski definition) is 2. The molecule has 0 bridgehead atoms. The predicted molar refractivity (Wildman–Crippen MR) is 294 cm³/mol. The van der Waals surface area contributed by atoms with Crippen LogP contribution in [0.1, 0.15) is 27.8 Å². The van der Waals surface area contributed by atoms with Crippen molar-refractivity contribution in [2.24, 2.45) is 0 Å². The zero-order chi connectivity index (χ0) is 42.3. The lowest BCUT2D eigenvalue weighted by atomic mass is 9.59. The quantitative estimate of drug-likeness (QED) is 0.154. The van der Waals surface area contributed by atoms with Crippen molar-refractivity contribution in [3.05, 3.63) is 52.1 Å². The van der Waals surface area contributed by atoms with Crippen molar-refractivity contribution in [3.8, 4) is 0 Å². The number of benzene rings is 19. The number of anilines is 1. The Bertz CT molecular complexity index is 7300. The fourth-order valence-corrected chi connectivity index (χ4v) is 25.0. The summed E-state index contributed by atoms with van der Waals surface area (Å²) in [6.45, 7) is 2.18. The summed E-state index contributed by atoms with van der Waals surface area (Å²) in [6, 6.07) is 8.97. The first-order chi connectivity index (χ1) is 35.2. The molecule has 0 saturated carbocycles. The molecule has 1 heterocycles. The molecule has 0 atom stereocenters. The first-order valence-electron chi connectivity index (χ1n) is 26.1. The van der Waals surface area contributed by atoms with Crippen molar-refractivity contribution in [1.82, 2.24) is 0 Å². The van der Waals surface area contributed by atoms with E-state index in [1.54, 1.807) is 172 Å². The van der Waals surface area contributed by atoms with Crippen LogP contribution in [0, 0.1) is 6.92 Å². The minimum atomic E-state index is -1.08. The summed E-state index contributed by atoms with van der Waals surface area (Å²) in [7, 11) is 0. The Kier molecular flexibility index (Phi) is 2.14. The lowest BCUT2D eigenvalue weighted by Gasteiger charge is -2.49. The molecule has 1 saturated heterocycles. The fourth-order valence-electron chi connectivity index (χ4n) is 25.0. The van der Waals surface area contributed by atoms with Crippen LogP contribution < -0.4 is 4.90 Å². The van der Waals surface area contributed by atoms with E-state index in [0.717, 1.165) is 5.69 Å². The third kappa shape index (κ3) is 1.37. The molecule has 71 heavy (non-hydrogen) atoms. The smallest absolute Gasteiger partial charge is 0.416 e. The topological polar surface area (TPSA) is 29.5 Å². The molecule has 29 aromatic carbocycles.